The molecule has 8 heteroatoms. The molecule has 1 amide bonds. The number of thiophene rings is 1. The van der Waals surface area contributed by atoms with E-state index in [0.29, 0.717) is 15.4 Å². The maximum atomic E-state index is 12.2. The first-order valence-corrected chi connectivity index (χ1v) is 8.61. The molecule has 6 nitrogen and oxygen atoms in total. The highest BCUT2D eigenvalue weighted by molar-refractivity contribution is 7.89. The zero-order valence-corrected chi connectivity index (χ0v) is 14.0. The van der Waals surface area contributed by atoms with Crippen molar-refractivity contribution in [3.63, 3.8) is 0 Å². The number of nitrogens with one attached hydrogen (secondary N) is 1. The highest BCUT2D eigenvalue weighted by atomic mass is 32.2. The molecule has 0 atom stereocenters. The molecule has 0 spiro atoms. The molecule has 1 aromatic heterocycles. The molecule has 0 bridgehead atoms. The van der Waals surface area contributed by atoms with Crippen LogP contribution in [0.2, 0.25) is 0 Å². The van der Waals surface area contributed by atoms with Crippen molar-refractivity contribution in [2.45, 2.75) is 11.8 Å². The van der Waals surface area contributed by atoms with Crippen molar-refractivity contribution in [1.29, 1.82) is 0 Å². The van der Waals surface area contributed by atoms with Crippen molar-refractivity contribution in [3.8, 4) is 5.75 Å². The fourth-order valence-electron chi connectivity index (χ4n) is 1.81. The van der Waals surface area contributed by atoms with Gasteiger partial charge in [0.05, 0.1) is 9.77 Å². The molecule has 1 heterocycles. The number of phenolic OH excluding ortho intramolecular Hbond substituents is 1. The SMILES string of the molecule is Cc1sc(C(=O)Nc2cccc(O)c2)cc1S(=O)(=O)N(C)C. The van der Waals surface area contributed by atoms with Crippen molar-refractivity contribution < 1.29 is 18.3 Å². The van der Waals surface area contributed by atoms with Gasteiger partial charge in [-0.25, -0.2) is 12.7 Å². The maximum absolute atomic E-state index is 12.2. The summed E-state index contributed by atoms with van der Waals surface area (Å²) in [6.45, 7) is 1.66. The fraction of sp³-hybridized carbons (Fsp3) is 0.214. The summed E-state index contributed by atoms with van der Waals surface area (Å²) in [4.78, 5) is 13.2. The van der Waals surface area contributed by atoms with E-state index >= 15 is 0 Å². The zero-order chi connectivity index (χ0) is 16.5. The second-order valence-corrected chi connectivity index (χ2v) is 8.20. The summed E-state index contributed by atoms with van der Waals surface area (Å²) in [5.41, 5.74) is 0.438. The third kappa shape index (κ3) is 3.29. The second-order valence-electron chi connectivity index (χ2n) is 4.82. The van der Waals surface area contributed by atoms with Gasteiger partial charge >= 0.3 is 0 Å². The molecule has 1 aromatic carbocycles. The number of hydrogen-bond acceptors (Lipinski definition) is 5. The number of anilines is 1. The molecule has 2 rings (SSSR count). The minimum absolute atomic E-state index is 0.0380. The third-order valence-corrected chi connectivity index (χ3v) is 6.08. The average molecular weight is 340 g/mol. The maximum Gasteiger partial charge on any atom is 0.265 e. The summed E-state index contributed by atoms with van der Waals surface area (Å²) in [6, 6.07) is 7.51. The van der Waals surface area contributed by atoms with Crippen LogP contribution in [-0.4, -0.2) is 37.8 Å². The Kier molecular flexibility index (Phi) is 4.55. The first kappa shape index (κ1) is 16.5. The number of carbonyl (C=O) groups is 1. The summed E-state index contributed by atoms with van der Waals surface area (Å²) in [7, 11) is -0.689. The van der Waals surface area contributed by atoms with Crippen LogP contribution >= 0.6 is 11.3 Å². The zero-order valence-electron chi connectivity index (χ0n) is 12.3. The molecule has 0 aliphatic carbocycles. The number of aryl methyl sites for hydroxylation is 1. The Balaban J connectivity index is 2.29. The van der Waals surface area contributed by atoms with Crippen molar-refractivity contribution >= 4 is 33.0 Å². The number of nitrogens with zero attached hydrogens (tertiary/aromatic N) is 1. The van der Waals surface area contributed by atoms with E-state index in [-0.39, 0.29) is 10.6 Å². The molecular weight excluding hydrogens is 324 g/mol. The number of hydrogen-bond donors (Lipinski definition) is 2. The largest absolute Gasteiger partial charge is 0.508 e. The van der Waals surface area contributed by atoms with Crippen LogP contribution in [0, 0.1) is 6.92 Å². The van der Waals surface area contributed by atoms with Gasteiger partial charge in [-0.15, -0.1) is 11.3 Å². The van der Waals surface area contributed by atoms with Gasteiger partial charge in [0, 0.05) is 30.7 Å². The van der Waals surface area contributed by atoms with E-state index in [1.807, 2.05) is 0 Å². The van der Waals surface area contributed by atoms with Gasteiger partial charge in [-0.1, -0.05) is 6.07 Å². The fourth-order valence-corrected chi connectivity index (χ4v) is 4.16. The number of aromatic hydroxyl groups is 1. The molecule has 2 N–H and O–H groups in total. The molecule has 2 aromatic rings. The van der Waals surface area contributed by atoms with Crippen molar-refractivity contribution in [2.24, 2.45) is 0 Å². The minimum atomic E-state index is -3.58. The Labute approximate surface area is 133 Å². The molecule has 0 unspecified atom stereocenters. The lowest BCUT2D eigenvalue weighted by Crippen LogP contribution is -2.22. The van der Waals surface area contributed by atoms with Gasteiger partial charge in [0.1, 0.15) is 5.75 Å². The number of sulfonamides is 1. The van der Waals surface area contributed by atoms with Crippen LogP contribution in [0.1, 0.15) is 14.5 Å². The molecule has 0 aliphatic rings. The molecule has 0 saturated heterocycles. The van der Waals surface area contributed by atoms with Gasteiger partial charge in [0.15, 0.2) is 0 Å². The monoisotopic (exact) mass is 340 g/mol. The first-order valence-electron chi connectivity index (χ1n) is 6.35. The molecule has 0 fully saturated rings. The summed E-state index contributed by atoms with van der Waals surface area (Å²) >= 11 is 1.11. The van der Waals surface area contributed by atoms with Crippen LogP contribution in [0.5, 0.6) is 5.75 Å². The van der Waals surface area contributed by atoms with Crippen LogP contribution in [-0.2, 0) is 10.0 Å². The van der Waals surface area contributed by atoms with E-state index < -0.39 is 15.9 Å². The van der Waals surface area contributed by atoms with Gasteiger partial charge < -0.3 is 10.4 Å². The predicted molar refractivity (Wildman–Crippen MR) is 86.0 cm³/mol. The Morgan fingerprint density at radius 2 is 1.95 bits per heavy atom. The van der Waals surface area contributed by atoms with Crippen LogP contribution in [0.4, 0.5) is 5.69 Å². The van der Waals surface area contributed by atoms with Crippen LogP contribution in [0.15, 0.2) is 35.2 Å². The quantitative estimate of drug-likeness (QED) is 0.894. The Morgan fingerprint density at radius 1 is 1.27 bits per heavy atom. The summed E-state index contributed by atoms with van der Waals surface area (Å²) in [5.74, 6) is -0.380. The Bertz CT molecular complexity index is 810. The first-order chi connectivity index (χ1) is 10.2. The normalized spacial score (nSPS) is 11.6. The van der Waals surface area contributed by atoms with E-state index in [2.05, 4.69) is 5.32 Å². The molecule has 0 radical (unpaired) electrons. The molecule has 118 valence electrons. The Morgan fingerprint density at radius 3 is 2.55 bits per heavy atom. The Hall–Kier alpha value is -1.90. The van der Waals surface area contributed by atoms with Gasteiger partial charge in [0.2, 0.25) is 10.0 Å². The van der Waals surface area contributed by atoms with E-state index in [4.69, 9.17) is 0 Å². The van der Waals surface area contributed by atoms with Crippen LogP contribution < -0.4 is 5.32 Å². The number of benzene rings is 1. The number of rotatable bonds is 4. The lowest BCUT2D eigenvalue weighted by Gasteiger charge is -2.10. The second kappa shape index (κ2) is 6.07. The van der Waals surface area contributed by atoms with Crippen molar-refractivity contribution in [3.05, 3.63) is 40.1 Å². The summed E-state index contributed by atoms with van der Waals surface area (Å²) in [5, 5.41) is 12.0. The van der Waals surface area contributed by atoms with Gasteiger partial charge in [-0.3, -0.25) is 4.79 Å². The minimum Gasteiger partial charge on any atom is -0.508 e. The predicted octanol–water partition coefficient (Wildman–Crippen LogP) is 2.26. The van der Waals surface area contributed by atoms with Gasteiger partial charge in [-0.2, -0.15) is 0 Å². The van der Waals surface area contributed by atoms with E-state index in [9.17, 15) is 18.3 Å². The summed E-state index contributed by atoms with van der Waals surface area (Å²) in [6.07, 6.45) is 0. The third-order valence-electron chi connectivity index (χ3n) is 2.96. The highest BCUT2D eigenvalue weighted by Gasteiger charge is 2.24. The number of carbonyl (C=O) groups excluding carboxylic acids is 1. The molecular formula is C14H16N2O4S2. The van der Waals surface area contributed by atoms with Gasteiger partial charge in [-0.05, 0) is 25.1 Å². The van der Waals surface area contributed by atoms with Crippen molar-refractivity contribution in [2.75, 3.05) is 19.4 Å². The summed E-state index contributed by atoms with van der Waals surface area (Å²) < 4.78 is 25.4. The lowest BCUT2D eigenvalue weighted by atomic mass is 10.3. The van der Waals surface area contributed by atoms with E-state index in [1.54, 1.807) is 19.1 Å². The number of amides is 1. The van der Waals surface area contributed by atoms with Gasteiger partial charge in [0.25, 0.3) is 5.91 Å². The lowest BCUT2D eigenvalue weighted by molar-refractivity contribution is 0.103. The smallest absolute Gasteiger partial charge is 0.265 e. The molecule has 22 heavy (non-hydrogen) atoms. The van der Waals surface area contributed by atoms with Crippen molar-refractivity contribution in [1.82, 2.24) is 4.31 Å². The molecule has 0 saturated carbocycles. The van der Waals surface area contributed by atoms with E-state index in [1.165, 1.54) is 32.3 Å². The standard InChI is InChI=1S/C14H16N2O4S2/c1-9-13(22(19,20)16(2)3)8-12(21-9)14(18)15-10-5-4-6-11(17)7-10/h4-8,17H,1-3H3,(H,15,18). The molecule has 0 aliphatic heterocycles. The highest BCUT2D eigenvalue weighted by Crippen LogP contribution is 2.28. The average Bonchev–Trinajstić information content (AvgIpc) is 2.81. The topological polar surface area (TPSA) is 86.7 Å². The van der Waals surface area contributed by atoms with E-state index in [0.717, 1.165) is 15.6 Å². The van der Waals surface area contributed by atoms with Crippen LogP contribution in [0.3, 0.4) is 0 Å². The number of phenols is 1. The van der Waals surface area contributed by atoms with Crippen LogP contribution in [0.25, 0.3) is 0 Å².